The van der Waals surface area contributed by atoms with Gasteiger partial charge in [0.2, 0.25) is 0 Å². The summed E-state index contributed by atoms with van der Waals surface area (Å²) in [5, 5.41) is 5.41. The van der Waals surface area contributed by atoms with E-state index in [1.165, 1.54) is 0 Å². The summed E-state index contributed by atoms with van der Waals surface area (Å²) in [4.78, 5) is 28.6. The molecule has 0 aliphatic rings. The number of carbonyl (C=O) groups excluding carboxylic acids is 2. The van der Waals surface area contributed by atoms with Gasteiger partial charge in [-0.2, -0.15) is 0 Å². The number of hydrogen-bond donors (Lipinski definition) is 2. The SMILES string of the molecule is Cc1cc(C)cc(NC(=O)C(=O)NCC(c2ccc(N(C)C)cc2)N(C)C)c1. The summed E-state index contributed by atoms with van der Waals surface area (Å²) in [5.74, 6) is -1.30. The van der Waals surface area contributed by atoms with Crippen LogP contribution in [0.15, 0.2) is 42.5 Å². The predicted molar refractivity (Wildman–Crippen MR) is 115 cm³/mol. The first-order valence-electron chi connectivity index (χ1n) is 9.28. The van der Waals surface area contributed by atoms with E-state index in [1.54, 1.807) is 0 Å². The van der Waals surface area contributed by atoms with Crippen molar-refractivity contribution in [3.05, 3.63) is 59.2 Å². The van der Waals surface area contributed by atoms with Crippen molar-refractivity contribution in [1.82, 2.24) is 10.2 Å². The molecule has 0 radical (unpaired) electrons. The molecule has 0 aliphatic carbocycles. The van der Waals surface area contributed by atoms with Gasteiger partial charge in [-0.05, 0) is 68.9 Å². The van der Waals surface area contributed by atoms with Crippen LogP contribution >= 0.6 is 0 Å². The van der Waals surface area contributed by atoms with E-state index < -0.39 is 11.8 Å². The average Bonchev–Trinajstić information content (AvgIpc) is 2.60. The Kier molecular flexibility index (Phi) is 7.18. The third-order valence-corrected chi connectivity index (χ3v) is 4.56. The zero-order valence-corrected chi connectivity index (χ0v) is 17.5. The summed E-state index contributed by atoms with van der Waals surface area (Å²) in [7, 11) is 7.89. The third kappa shape index (κ3) is 5.82. The van der Waals surface area contributed by atoms with E-state index in [9.17, 15) is 9.59 Å². The number of nitrogens with zero attached hydrogens (tertiary/aromatic N) is 2. The molecule has 0 aromatic heterocycles. The molecule has 2 amide bonds. The van der Waals surface area contributed by atoms with E-state index in [0.717, 1.165) is 22.4 Å². The molecule has 0 aliphatic heterocycles. The Morgan fingerprint density at radius 3 is 1.96 bits per heavy atom. The number of hydrogen-bond acceptors (Lipinski definition) is 4. The van der Waals surface area contributed by atoms with Crippen molar-refractivity contribution in [2.24, 2.45) is 0 Å². The van der Waals surface area contributed by atoms with Gasteiger partial charge in [-0.15, -0.1) is 0 Å². The molecule has 0 fully saturated rings. The van der Waals surface area contributed by atoms with Gasteiger partial charge in [0, 0.05) is 32.0 Å². The zero-order chi connectivity index (χ0) is 20.8. The number of rotatable bonds is 6. The summed E-state index contributed by atoms with van der Waals surface area (Å²) in [5.41, 5.74) is 4.87. The fourth-order valence-electron chi connectivity index (χ4n) is 3.10. The van der Waals surface area contributed by atoms with E-state index in [0.29, 0.717) is 12.2 Å². The highest BCUT2D eigenvalue weighted by atomic mass is 16.2. The fourth-order valence-corrected chi connectivity index (χ4v) is 3.10. The van der Waals surface area contributed by atoms with Gasteiger partial charge in [0.15, 0.2) is 0 Å². The van der Waals surface area contributed by atoms with E-state index in [1.807, 2.05) is 94.3 Å². The summed E-state index contributed by atoms with van der Waals surface area (Å²) in [6.45, 7) is 4.24. The standard InChI is InChI=1S/C22H30N4O2/c1-15-11-16(2)13-18(12-15)24-22(28)21(27)23-14-20(26(5)6)17-7-9-19(10-8-17)25(3)4/h7-13,20H,14H2,1-6H3,(H,23,27)(H,24,28). The van der Waals surface area contributed by atoms with Crippen LogP contribution in [0.2, 0.25) is 0 Å². The van der Waals surface area contributed by atoms with E-state index in [-0.39, 0.29) is 6.04 Å². The van der Waals surface area contributed by atoms with E-state index >= 15 is 0 Å². The lowest BCUT2D eigenvalue weighted by Crippen LogP contribution is -2.40. The Hall–Kier alpha value is -2.86. The van der Waals surface area contributed by atoms with Gasteiger partial charge >= 0.3 is 11.8 Å². The number of benzene rings is 2. The van der Waals surface area contributed by atoms with Gasteiger partial charge in [0.1, 0.15) is 0 Å². The summed E-state index contributed by atoms with van der Waals surface area (Å²) < 4.78 is 0. The largest absolute Gasteiger partial charge is 0.378 e. The van der Waals surface area contributed by atoms with Crippen LogP contribution in [-0.4, -0.2) is 51.4 Å². The first-order valence-corrected chi connectivity index (χ1v) is 9.28. The van der Waals surface area contributed by atoms with Crippen molar-refractivity contribution in [2.75, 3.05) is 45.0 Å². The molecular weight excluding hydrogens is 352 g/mol. The van der Waals surface area contributed by atoms with Crippen molar-refractivity contribution in [1.29, 1.82) is 0 Å². The molecule has 0 saturated heterocycles. The van der Waals surface area contributed by atoms with Crippen LogP contribution in [0.1, 0.15) is 22.7 Å². The molecule has 2 rings (SSSR count). The van der Waals surface area contributed by atoms with Crippen LogP contribution in [0.5, 0.6) is 0 Å². The minimum absolute atomic E-state index is 0.0332. The zero-order valence-electron chi connectivity index (χ0n) is 17.5. The minimum atomic E-state index is -0.662. The van der Waals surface area contributed by atoms with Gasteiger partial charge < -0.3 is 20.4 Å². The van der Waals surface area contributed by atoms with Crippen LogP contribution in [-0.2, 0) is 9.59 Å². The predicted octanol–water partition coefficient (Wildman–Crippen LogP) is 2.73. The summed E-state index contributed by atoms with van der Waals surface area (Å²) in [6.07, 6.45) is 0. The molecule has 2 aromatic carbocycles. The van der Waals surface area contributed by atoms with Crippen molar-refractivity contribution < 1.29 is 9.59 Å². The molecule has 1 unspecified atom stereocenters. The van der Waals surface area contributed by atoms with E-state index in [4.69, 9.17) is 0 Å². The highest BCUT2D eigenvalue weighted by molar-refractivity contribution is 6.39. The number of carbonyl (C=O) groups is 2. The first-order chi connectivity index (χ1) is 13.2. The number of anilines is 2. The average molecular weight is 383 g/mol. The quantitative estimate of drug-likeness (QED) is 0.754. The Labute approximate surface area is 167 Å². The maximum Gasteiger partial charge on any atom is 0.313 e. The lowest BCUT2D eigenvalue weighted by atomic mass is 10.1. The Bertz CT molecular complexity index is 809. The highest BCUT2D eigenvalue weighted by Crippen LogP contribution is 2.21. The molecule has 0 saturated carbocycles. The van der Waals surface area contributed by atoms with Crippen LogP contribution in [0.4, 0.5) is 11.4 Å². The Morgan fingerprint density at radius 1 is 0.893 bits per heavy atom. The highest BCUT2D eigenvalue weighted by Gasteiger charge is 2.19. The summed E-state index contributed by atoms with van der Waals surface area (Å²) in [6, 6.07) is 13.8. The van der Waals surface area contributed by atoms with Crippen LogP contribution in [0.3, 0.4) is 0 Å². The number of aryl methyl sites for hydroxylation is 2. The Balaban J connectivity index is 2.00. The monoisotopic (exact) mass is 382 g/mol. The summed E-state index contributed by atoms with van der Waals surface area (Å²) >= 11 is 0. The normalized spacial score (nSPS) is 11.8. The number of amides is 2. The maximum absolute atomic E-state index is 12.3. The van der Waals surface area contributed by atoms with E-state index in [2.05, 4.69) is 10.6 Å². The molecule has 0 bridgehead atoms. The lowest BCUT2D eigenvalue weighted by molar-refractivity contribution is -0.136. The van der Waals surface area contributed by atoms with Gasteiger partial charge in [-0.3, -0.25) is 9.59 Å². The third-order valence-electron chi connectivity index (χ3n) is 4.56. The number of likely N-dealkylation sites (N-methyl/N-ethyl adjacent to an activating group) is 1. The second kappa shape index (κ2) is 9.37. The molecule has 6 heteroatoms. The molecule has 2 N–H and O–H groups in total. The van der Waals surface area contributed by atoms with Crippen molar-refractivity contribution in [3.8, 4) is 0 Å². The lowest BCUT2D eigenvalue weighted by Gasteiger charge is -2.25. The smallest absolute Gasteiger partial charge is 0.313 e. The van der Waals surface area contributed by atoms with Gasteiger partial charge in [-0.25, -0.2) is 0 Å². The molecule has 0 spiro atoms. The molecule has 2 aromatic rings. The molecule has 1 atom stereocenters. The molecule has 6 nitrogen and oxygen atoms in total. The fraction of sp³-hybridized carbons (Fsp3) is 0.364. The first kappa shape index (κ1) is 21.4. The number of nitrogens with one attached hydrogen (secondary N) is 2. The molecule has 28 heavy (non-hydrogen) atoms. The van der Waals surface area contributed by atoms with Crippen LogP contribution < -0.4 is 15.5 Å². The minimum Gasteiger partial charge on any atom is -0.378 e. The topological polar surface area (TPSA) is 64.7 Å². The van der Waals surface area contributed by atoms with Gasteiger partial charge in [0.25, 0.3) is 0 Å². The second-order valence-electron chi connectivity index (χ2n) is 7.51. The van der Waals surface area contributed by atoms with Gasteiger partial charge in [0.05, 0.1) is 6.04 Å². The maximum atomic E-state index is 12.3. The Morgan fingerprint density at radius 2 is 1.46 bits per heavy atom. The van der Waals surface area contributed by atoms with Gasteiger partial charge in [-0.1, -0.05) is 18.2 Å². The van der Waals surface area contributed by atoms with Crippen molar-refractivity contribution >= 4 is 23.2 Å². The van der Waals surface area contributed by atoms with Crippen LogP contribution in [0.25, 0.3) is 0 Å². The van der Waals surface area contributed by atoms with Crippen molar-refractivity contribution in [2.45, 2.75) is 19.9 Å². The van der Waals surface area contributed by atoms with Crippen LogP contribution in [0, 0.1) is 13.8 Å². The molecule has 150 valence electrons. The van der Waals surface area contributed by atoms with Crippen molar-refractivity contribution in [3.63, 3.8) is 0 Å². The molecular formula is C22H30N4O2. The second-order valence-corrected chi connectivity index (χ2v) is 7.51. The molecule has 0 heterocycles.